The molecule has 2 fully saturated rings. The molecule has 1 aromatic rings. The lowest BCUT2D eigenvalue weighted by Gasteiger charge is -2.54. The number of hydrogen-bond donors (Lipinski definition) is 1. The number of ether oxygens (including phenoxy) is 2. The number of fused-ring (bicyclic) bond motifs is 4. The molecule has 0 amide bonds. The number of carbonyl (C=O) groups excluding carboxylic acids is 1. The molecule has 4 nitrogen and oxygen atoms in total. The van der Waals surface area contributed by atoms with E-state index >= 15 is 0 Å². The molecule has 5 rings (SSSR count). The van der Waals surface area contributed by atoms with Crippen molar-refractivity contribution in [1.82, 2.24) is 0 Å². The first kappa shape index (κ1) is 20.0. The minimum atomic E-state index is -0.782. The smallest absolute Gasteiger partial charge is 0.150 e. The van der Waals surface area contributed by atoms with Crippen LogP contribution in [0.5, 0.6) is 0 Å². The van der Waals surface area contributed by atoms with Gasteiger partial charge in [0.1, 0.15) is 6.29 Å². The van der Waals surface area contributed by atoms with E-state index in [2.05, 4.69) is 19.1 Å². The third-order valence-corrected chi connectivity index (χ3v) is 8.65. The van der Waals surface area contributed by atoms with Crippen LogP contribution in [0.2, 0.25) is 0 Å². The number of allylic oxidation sites excluding steroid dienone is 2. The largest absolute Gasteiger partial charge is 0.501 e. The van der Waals surface area contributed by atoms with Crippen molar-refractivity contribution in [2.24, 2.45) is 17.3 Å². The Hall–Kier alpha value is -1.91. The van der Waals surface area contributed by atoms with E-state index in [1.807, 2.05) is 18.4 Å². The quantitative estimate of drug-likeness (QED) is 0.728. The van der Waals surface area contributed by atoms with Gasteiger partial charge in [0.2, 0.25) is 0 Å². The van der Waals surface area contributed by atoms with Crippen molar-refractivity contribution < 1.29 is 19.4 Å². The van der Waals surface area contributed by atoms with E-state index in [-0.39, 0.29) is 11.3 Å². The SMILES string of the molecule is COCC1(O)CCC2C3CCC4=COCCC4=C3C(c3ccc(C=O)cc3)C[C@@]21C. The predicted octanol–water partition coefficient (Wildman–Crippen LogP) is 4.79. The van der Waals surface area contributed by atoms with Crippen molar-refractivity contribution in [2.75, 3.05) is 20.3 Å². The Bertz CT molecular complexity index is 898. The number of rotatable bonds is 4. The number of hydrogen-bond acceptors (Lipinski definition) is 4. The van der Waals surface area contributed by atoms with Crippen LogP contribution in [0.4, 0.5) is 0 Å². The van der Waals surface area contributed by atoms with E-state index in [1.54, 1.807) is 12.7 Å². The summed E-state index contributed by atoms with van der Waals surface area (Å²) in [6.45, 7) is 3.45. The van der Waals surface area contributed by atoms with Crippen LogP contribution < -0.4 is 0 Å². The second-order valence-corrected chi connectivity index (χ2v) is 9.91. The molecule has 0 aromatic heterocycles. The van der Waals surface area contributed by atoms with Crippen LogP contribution >= 0.6 is 0 Å². The molecule has 0 saturated heterocycles. The first-order valence-corrected chi connectivity index (χ1v) is 11.3. The van der Waals surface area contributed by atoms with Crippen molar-refractivity contribution >= 4 is 6.29 Å². The van der Waals surface area contributed by atoms with Crippen molar-refractivity contribution in [1.29, 1.82) is 0 Å². The Balaban J connectivity index is 1.65. The van der Waals surface area contributed by atoms with E-state index in [4.69, 9.17) is 9.47 Å². The monoisotopic (exact) mass is 408 g/mol. The minimum absolute atomic E-state index is 0.182. The highest BCUT2D eigenvalue weighted by atomic mass is 16.5. The number of aldehydes is 1. The first-order chi connectivity index (χ1) is 14.5. The fourth-order valence-corrected chi connectivity index (χ4v) is 7.11. The van der Waals surface area contributed by atoms with Crippen LogP contribution in [0.15, 0.2) is 47.2 Å². The fourth-order valence-electron chi connectivity index (χ4n) is 7.11. The molecule has 5 atom stereocenters. The summed E-state index contributed by atoms with van der Waals surface area (Å²) in [6, 6.07) is 8.09. The summed E-state index contributed by atoms with van der Waals surface area (Å²) in [7, 11) is 1.69. The van der Waals surface area contributed by atoms with Gasteiger partial charge in [-0.05, 0) is 60.6 Å². The highest BCUT2D eigenvalue weighted by Crippen LogP contribution is 2.66. The van der Waals surface area contributed by atoms with Gasteiger partial charge in [-0.2, -0.15) is 0 Å². The third kappa shape index (κ3) is 2.84. The molecule has 2 saturated carbocycles. The summed E-state index contributed by atoms with van der Waals surface area (Å²) in [5, 5.41) is 11.7. The molecule has 4 unspecified atom stereocenters. The zero-order valence-corrected chi connectivity index (χ0v) is 18.0. The summed E-state index contributed by atoms with van der Waals surface area (Å²) in [6.07, 6.45) is 8.84. The molecule has 1 aromatic carbocycles. The highest BCUT2D eigenvalue weighted by Gasteiger charge is 2.62. The summed E-state index contributed by atoms with van der Waals surface area (Å²) >= 11 is 0. The predicted molar refractivity (Wildman–Crippen MR) is 115 cm³/mol. The lowest BCUT2D eigenvalue weighted by atomic mass is 9.51. The van der Waals surface area contributed by atoms with Gasteiger partial charge in [-0.15, -0.1) is 0 Å². The third-order valence-electron chi connectivity index (χ3n) is 8.65. The van der Waals surface area contributed by atoms with Crippen LogP contribution in [-0.4, -0.2) is 37.3 Å². The van der Waals surface area contributed by atoms with Crippen LogP contribution in [-0.2, 0) is 9.47 Å². The maximum Gasteiger partial charge on any atom is 0.150 e. The molecule has 0 bridgehead atoms. The van der Waals surface area contributed by atoms with Gasteiger partial charge < -0.3 is 14.6 Å². The zero-order valence-electron chi connectivity index (χ0n) is 18.0. The maximum absolute atomic E-state index is 11.7. The molecular formula is C26H32O4. The molecule has 160 valence electrons. The summed E-state index contributed by atoms with van der Waals surface area (Å²) in [4.78, 5) is 11.2. The summed E-state index contributed by atoms with van der Waals surface area (Å²) in [5.74, 6) is 1.24. The molecular weight excluding hydrogens is 376 g/mol. The minimum Gasteiger partial charge on any atom is -0.501 e. The Morgan fingerprint density at radius 3 is 2.77 bits per heavy atom. The van der Waals surface area contributed by atoms with Gasteiger partial charge in [0, 0.05) is 30.4 Å². The van der Waals surface area contributed by atoms with Crippen LogP contribution in [0.3, 0.4) is 0 Å². The second-order valence-electron chi connectivity index (χ2n) is 9.91. The van der Waals surface area contributed by atoms with E-state index in [0.29, 0.717) is 24.0 Å². The van der Waals surface area contributed by atoms with E-state index in [1.165, 1.54) is 16.7 Å². The number of benzene rings is 1. The number of methoxy groups -OCH3 is 1. The molecule has 1 N–H and O–H groups in total. The van der Waals surface area contributed by atoms with Crippen molar-refractivity contribution in [3.63, 3.8) is 0 Å². The Labute approximate surface area is 179 Å². The van der Waals surface area contributed by atoms with Crippen molar-refractivity contribution in [3.8, 4) is 0 Å². The zero-order chi connectivity index (χ0) is 20.9. The van der Waals surface area contributed by atoms with Crippen LogP contribution in [0.25, 0.3) is 0 Å². The van der Waals surface area contributed by atoms with E-state index in [9.17, 15) is 9.90 Å². The highest BCUT2D eigenvalue weighted by molar-refractivity contribution is 5.74. The number of carbonyl (C=O) groups is 1. The maximum atomic E-state index is 11.7. The first-order valence-electron chi connectivity index (χ1n) is 11.3. The average Bonchev–Trinajstić information content (AvgIpc) is 3.03. The molecule has 1 aliphatic heterocycles. The van der Waals surface area contributed by atoms with Gasteiger partial charge in [-0.1, -0.05) is 36.8 Å². The van der Waals surface area contributed by atoms with Gasteiger partial charge in [0.05, 0.1) is 25.1 Å². The van der Waals surface area contributed by atoms with Gasteiger partial charge in [-0.25, -0.2) is 0 Å². The molecule has 30 heavy (non-hydrogen) atoms. The Kier molecular flexibility index (Phi) is 4.90. The van der Waals surface area contributed by atoms with Gasteiger partial charge >= 0.3 is 0 Å². The average molecular weight is 409 g/mol. The summed E-state index contributed by atoms with van der Waals surface area (Å²) in [5.41, 5.74) is 5.46. The molecule has 4 heteroatoms. The Morgan fingerprint density at radius 2 is 2.03 bits per heavy atom. The lowest BCUT2D eigenvalue weighted by molar-refractivity contribution is -0.128. The second kappa shape index (κ2) is 7.35. The summed E-state index contributed by atoms with van der Waals surface area (Å²) < 4.78 is 11.2. The van der Waals surface area contributed by atoms with E-state index < -0.39 is 5.60 Å². The lowest BCUT2D eigenvalue weighted by Crippen LogP contribution is -2.53. The molecule has 4 aliphatic rings. The normalized spacial score (nSPS) is 37.6. The standard InChI is InChI=1S/C26H32O4/c1-25-13-22(18-5-3-17(14-27)4-6-18)24-20-10-12-30-15-19(20)7-8-21(24)23(25)9-11-26(25,28)16-29-2/h3-6,14-15,21-23,28H,7-13,16H2,1-2H3/t21?,22?,23?,25-,26?/m0/s1. The van der Waals surface area contributed by atoms with Gasteiger partial charge in [0.15, 0.2) is 0 Å². The molecule has 3 aliphatic carbocycles. The van der Waals surface area contributed by atoms with Gasteiger partial charge in [0.25, 0.3) is 0 Å². The van der Waals surface area contributed by atoms with Crippen LogP contribution in [0, 0.1) is 17.3 Å². The van der Waals surface area contributed by atoms with Crippen molar-refractivity contribution in [2.45, 2.75) is 57.0 Å². The Morgan fingerprint density at radius 1 is 1.23 bits per heavy atom. The molecule has 0 radical (unpaired) electrons. The fraction of sp³-hybridized carbons (Fsp3) is 0.577. The molecule has 0 spiro atoms. The topological polar surface area (TPSA) is 55.8 Å². The van der Waals surface area contributed by atoms with Crippen LogP contribution in [0.1, 0.15) is 67.3 Å². The van der Waals surface area contributed by atoms with E-state index in [0.717, 1.165) is 51.4 Å². The molecule has 1 heterocycles. The van der Waals surface area contributed by atoms with Gasteiger partial charge in [-0.3, -0.25) is 4.79 Å². The van der Waals surface area contributed by atoms with Crippen molar-refractivity contribution in [3.05, 3.63) is 58.4 Å². The number of aliphatic hydroxyl groups is 1.